The maximum Gasteiger partial charge on any atom is 0.253 e. The highest BCUT2D eigenvalue weighted by molar-refractivity contribution is 5.95. The molecule has 1 saturated heterocycles. The first kappa shape index (κ1) is 15.5. The normalized spacial score (nSPS) is 15.5. The molecule has 6 heteroatoms. The zero-order valence-electron chi connectivity index (χ0n) is 12.6. The molecular formula is C15H22N4O2. The van der Waals surface area contributed by atoms with E-state index in [1.165, 1.54) is 4.90 Å². The highest BCUT2D eigenvalue weighted by atomic mass is 16.2. The number of piperazine rings is 1. The molecule has 2 rings (SSSR count). The van der Waals surface area contributed by atoms with E-state index in [1.54, 1.807) is 38.4 Å². The van der Waals surface area contributed by atoms with Gasteiger partial charge in [-0.1, -0.05) is 0 Å². The highest BCUT2D eigenvalue weighted by Crippen LogP contribution is 2.11. The van der Waals surface area contributed by atoms with E-state index in [9.17, 15) is 9.59 Å². The van der Waals surface area contributed by atoms with Crippen molar-refractivity contribution in [3.8, 4) is 0 Å². The molecule has 0 atom stereocenters. The second-order valence-corrected chi connectivity index (χ2v) is 5.35. The second kappa shape index (κ2) is 7.19. The molecule has 1 aliphatic rings. The summed E-state index contributed by atoms with van der Waals surface area (Å²) in [6.45, 7) is 4.04. The van der Waals surface area contributed by atoms with Gasteiger partial charge in [0.25, 0.3) is 5.91 Å². The predicted molar refractivity (Wildman–Crippen MR) is 82.4 cm³/mol. The van der Waals surface area contributed by atoms with Gasteiger partial charge in [0, 0.05) is 51.5 Å². The Hall–Kier alpha value is -1.92. The van der Waals surface area contributed by atoms with Crippen molar-refractivity contribution in [1.82, 2.24) is 15.1 Å². The molecule has 1 aromatic carbocycles. The van der Waals surface area contributed by atoms with Crippen LogP contribution in [0.15, 0.2) is 24.3 Å². The fourth-order valence-corrected chi connectivity index (χ4v) is 2.23. The minimum absolute atomic E-state index is 0.0245. The van der Waals surface area contributed by atoms with E-state index in [0.29, 0.717) is 17.8 Å². The van der Waals surface area contributed by atoms with Crippen LogP contribution in [0.5, 0.6) is 0 Å². The smallest absolute Gasteiger partial charge is 0.253 e. The Morgan fingerprint density at radius 2 is 1.81 bits per heavy atom. The number of hydrogen-bond donors (Lipinski definition) is 2. The number of hydrogen-bond acceptors (Lipinski definition) is 4. The van der Waals surface area contributed by atoms with Gasteiger partial charge in [-0.15, -0.1) is 0 Å². The molecule has 0 aromatic heterocycles. The molecule has 2 amide bonds. The summed E-state index contributed by atoms with van der Waals surface area (Å²) in [7, 11) is 3.43. The first-order chi connectivity index (χ1) is 10.1. The topological polar surface area (TPSA) is 64.7 Å². The van der Waals surface area contributed by atoms with Crippen molar-refractivity contribution in [2.75, 3.05) is 52.1 Å². The van der Waals surface area contributed by atoms with E-state index in [1.807, 2.05) is 0 Å². The maximum atomic E-state index is 12.0. The summed E-state index contributed by atoms with van der Waals surface area (Å²) in [4.78, 5) is 27.4. The van der Waals surface area contributed by atoms with E-state index in [-0.39, 0.29) is 11.8 Å². The van der Waals surface area contributed by atoms with Crippen molar-refractivity contribution in [3.63, 3.8) is 0 Å². The minimum Gasteiger partial charge on any atom is -0.345 e. The first-order valence-corrected chi connectivity index (χ1v) is 7.11. The molecule has 6 nitrogen and oxygen atoms in total. The molecule has 1 aliphatic heterocycles. The van der Waals surface area contributed by atoms with Crippen molar-refractivity contribution in [2.45, 2.75) is 0 Å². The number of anilines is 1. The van der Waals surface area contributed by atoms with Gasteiger partial charge in [-0.3, -0.25) is 14.5 Å². The molecular weight excluding hydrogens is 268 g/mol. The number of carbonyl (C=O) groups is 2. The van der Waals surface area contributed by atoms with Gasteiger partial charge in [0.15, 0.2) is 0 Å². The number of nitrogens with zero attached hydrogens (tertiary/aromatic N) is 2. The van der Waals surface area contributed by atoms with Gasteiger partial charge in [0.1, 0.15) is 0 Å². The van der Waals surface area contributed by atoms with Crippen LogP contribution in [-0.4, -0.2) is 68.4 Å². The molecule has 1 fully saturated rings. The van der Waals surface area contributed by atoms with E-state index in [4.69, 9.17) is 0 Å². The monoisotopic (exact) mass is 290 g/mol. The first-order valence-electron chi connectivity index (χ1n) is 7.11. The molecule has 0 spiro atoms. The lowest BCUT2D eigenvalue weighted by Gasteiger charge is -2.26. The molecule has 2 N–H and O–H groups in total. The molecule has 0 radical (unpaired) electrons. The van der Waals surface area contributed by atoms with Crippen LogP contribution >= 0.6 is 0 Å². The van der Waals surface area contributed by atoms with Gasteiger partial charge < -0.3 is 15.5 Å². The third-order valence-electron chi connectivity index (χ3n) is 3.40. The summed E-state index contributed by atoms with van der Waals surface area (Å²) >= 11 is 0. The van der Waals surface area contributed by atoms with Crippen LogP contribution in [0.2, 0.25) is 0 Å². The van der Waals surface area contributed by atoms with Crippen LogP contribution in [0.3, 0.4) is 0 Å². The fourth-order valence-electron chi connectivity index (χ4n) is 2.23. The Morgan fingerprint density at radius 3 is 2.38 bits per heavy atom. The third kappa shape index (κ3) is 4.54. The van der Waals surface area contributed by atoms with E-state index in [0.717, 1.165) is 26.2 Å². The van der Waals surface area contributed by atoms with Gasteiger partial charge in [0.05, 0.1) is 6.54 Å². The van der Waals surface area contributed by atoms with Crippen LogP contribution in [0.4, 0.5) is 5.69 Å². The Labute approximate surface area is 125 Å². The molecule has 0 aliphatic carbocycles. The molecule has 0 saturated carbocycles. The van der Waals surface area contributed by atoms with Crippen molar-refractivity contribution in [2.24, 2.45) is 0 Å². The summed E-state index contributed by atoms with van der Waals surface area (Å²) in [5.41, 5.74) is 1.32. The van der Waals surface area contributed by atoms with E-state index in [2.05, 4.69) is 15.5 Å². The van der Waals surface area contributed by atoms with Gasteiger partial charge >= 0.3 is 0 Å². The number of nitrogens with one attached hydrogen (secondary N) is 2. The zero-order chi connectivity index (χ0) is 15.2. The summed E-state index contributed by atoms with van der Waals surface area (Å²) in [5, 5.41) is 6.11. The number of carbonyl (C=O) groups excluding carboxylic acids is 2. The van der Waals surface area contributed by atoms with Crippen molar-refractivity contribution in [1.29, 1.82) is 0 Å². The molecule has 114 valence electrons. The van der Waals surface area contributed by atoms with Gasteiger partial charge in [0.2, 0.25) is 5.91 Å². The lowest BCUT2D eigenvalue weighted by atomic mass is 10.2. The second-order valence-electron chi connectivity index (χ2n) is 5.35. The van der Waals surface area contributed by atoms with Crippen molar-refractivity contribution < 1.29 is 9.59 Å². The maximum absolute atomic E-state index is 12.0. The highest BCUT2D eigenvalue weighted by Gasteiger charge is 2.14. The van der Waals surface area contributed by atoms with Crippen LogP contribution in [0.25, 0.3) is 0 Å². The van der Waals surface area contributed by atoms with Crippen molar-refractivity contribution >= 4 is 17.5 Å². The van der Waals surface area contributed by atoms with E-state index >= 15 is 0 Å². The predicted octanol–water partition coefficient (Wildman–Crippen LogP) is 0.232. The minimum atomic E-state index is -0.0475. The third-order valence-corrected chi connectivity index (χ3v) is 3.40. The summed E-state index contributed by atoms with van der Waals surface area (Å²) < 4.78 is 0. The summed E-state index contributed by atoms with van der Waals surface area (Å²) in [6, 6.07) is 6.96. The Kier molecular flexibility index (Phi) is 5.30. The largest absolute Gasteiger partial charge is 0.345 e. The van der Waals surface area contributed by atoms with Gasteiger partial charge in [-0.25, -0.2) is 0 Å². The Balaban J connectivity index is 1.87. The average Bonchev–Trinajstić information content (AvgIpc) is 2.48. The van der Waals surface area contributed by atoms with Crippen LogP contribution in [0.1, 0.15) is 10.4 Å². The van der Waals surface area contributed by atoms with Crippen LogP contribution in [-0.2, 0) is 4.79 Å². The van der Waals surface area contributed by atoms with Crippen molar-refractivity contribution in [3.05, 3.63) is 29.8 Å². The SMILES string of the molecule is CN(C)C(=O)c1ccc(NC(=O)CN2CCNCC2)cc1. The lowest BCUT2D eigenvalue weighted by Crippen LogP contribution is -2.46. The number of benzene rings is 1. The molecule has 1 aromatic rings. The Bertz CT molecular complexity index is 493. The van der Waals surface area contributed by atoms with Crippen LogP contribution in [0, 0.1) is 0 Å². The zero-order valence-corrected chi connectivity index (χ0v) is 12.6. The fraction of sp³-hybridized carbons (Fsp3) is 0.467. The standard InChI is InChI=1S/C15H22N4O2/c1-18(2)15(21)12-3-5-13(6-4-12)17-14(20)11-19-9-7-16-8-10-19/h3-6,16H,7-11H2,1-2H3,(H,17,20). The number of rotatable bonds is 4. The van der Waals surface area contributed by atoms with E-state index < -0.39 is 0 Å². The lowest BCUT2D eigenvalue weighted by molar-refractivity contribution is -0.117. The Morgan fingerprint density at radius 1 is 1.19 bits per heavy atom. The molecule has 21 heavy (non-hydrogen) atoms. The average molecular weight is 290 g/mol. The molecule has 0 unspecified atom stereocenters. The van der Waals surface area contributed by atoms with Gasteiger partial charge in [-0.05, 0) is 24.3 Å². The number of amides is 2. The van der Waals surface area contributed by atoms with Gasteiger partial charge in [-0.2, -0.15) is 0 Å². The summed E-state index contributed by atoms with van der Waals surface area (Å²) in [6.07, 6.45) is 0. The molecule has 0 bridgehead atoms. The quantitative estimate of drug-likeness (QED) is 0.833. The van der Waals surface area contributed by atoms with Crippen LogP contribution < -0.4 is 10.6 Å². The summed E-state index contributed by atoms with van der Waals surface area (Å²) in [5.74, 6) is -0.0720. The molecule has 1 heterocycles.